The molecule has 0 saturated carbocycles. The Kier molecular flexibility index (Phi) is 9.09. The SMILES string of the molecule is CCCCc1cc(Oc2ccc3c4ccccc4n(-c4cc(CCCC)ccn4)c3c2)cc(-n2nc(C)c(-c3c(C)cccc3C)c2C)c1. The second-order valence-electron chi connectivity index (χ2n) is 13.4. The molecule has 0 aliphatic rings. The number of nitrogens with zero attached hydrogens (tertiary/aromatic N) is 4. The van der Waals surface area contributed by atoms with E-state index in [2.05, 4.69) is 142 Å². The van der Waals surface area contributed by atoms with Crippen molar-refractivity contribution in [2.24, 2.45) is 0 Å². The number of ether oxygens (including phenoxy) is 1. The maximum absolute atomic E-state index is 6.76. The highest BCUT2D eigenvalue weighted by atomic mass is 16.5. The molecule has 7 aromatic rings. The first-order valence-electron chi connectivity index (χ1n) is 17.8. The molecule has 7 rings (SSSR count). The van der Waals surface area contributed by atoms with Crippen LogP contribution in [0.2, 0.25) is 0 Å². The number of pyridine rings is 1. The predicted molar refractivity (Wildman–Crippen MR) is 204 cm³/mol. The second kappa shape index (κ2) is 13.8. The smallest absolute Gasteiger partial charge is 0.137 e. The van der Waals surface area contributed by atoms with Crippen LogP contribution in [-0.2, 0) is 12.8 Å². The quantitative estimate of drug-likeness (QED) is 0.140. The summed E-state index contributed by atoms with van der Waals surface area (Å²) in [5, 5.41) is 7.48. The Morgan fingerprint density at radius 2 is 1.37 bits per heavy atom. The minimum atomic E-state index is 0.793. The highest BCUT2D eigenvalue weighted by Gasteiger charge is 2.19. The number of aryl methyl sites for hydroxylation is 5. The third kappa shape index (κ3) is 6.26. The monoisotopic (exact) mass is 646 g/mol. The zero-order valence-corrected chi connectivity index (χ0v) is 29.7. The van der Waals surface area contributed by atoms with Crippen LogP contribution in [0, 0.1) is 27.7 Å². The molecule has 3 heterocycles. The van der Waals surface area contributed by atoms with Crippen LogP contribution < -0.4 is 4.74 Å². The van der Waals surface area contributed by atoms with Crippen LogP contribution in [0.1, 0.15) is 73.2 Å². The molecule has 0 unspecified atom stereocenters. The van der Waals surface area contributed by atoms with Gasteiger partial charge in [-0.05, 0) is 124 Å². The maximum atomic E-state index is 6.76. The fourth-order valence-electron chi connectivity index (χ4n) is 7.33. The first kappa shape index (κ1) is 32.4. The van der Waals surface area contributed by atoms with Gasteiger partial charge in [0.05, 0.1) is 22.4 Å². The first-order valence-corrected chi connectivity index (χ1v) is 17.8. The van der Waals surface area contributed by atoms with Crippen molar-refractivity contribution < 1.29 is 4.74 Å². The molecule has 5 heteroatoms. The number of hydrogen-bond acceptors (Lipinski definition) is 3. The topological polar surface area (TPSA) is 44.9 Å². The largest absolute Gasteiger partial charge is 0.457 e. The summed E-state index contributed by atoms with van der Waals surface area (Å²) in [4.78, 5) is 4.85. The molecule has 0 bridgehead atoms. The van der Waals surface area contributed by atoms with Crippen LogP contribution in [0.4, 0.5) is 0 Å². The molecule has 0 atom stereocenters. The van der Waals surface area contributed by atoms with Gasteiger partial charge in [0.1, 0.15) is 17.3 Å². The number of hydrogen-bond donors (Lipinski definition) is 0. The molecule has 49 heavy (non-hydrogen) atoms. The predicted octanol–water partition coefficient (Wildman–Crippen LogP) is 11.7. The summed E-state index contributed by atoms with van der Waals surface area (Å²) in [6.07, 6.45) is 8.55. The van der Waals surface area contributed by atoms with Gasteiger partial charge in [0.2, 0.25) is 0 Å². The Balaban J connectivity index is 1.32. The second-order valence-corrected chi connectivity index (χ2v) is 13.4. The number of rotatable bonds is 11. The molecule has 4 aromatic carbocycles. The van der Waals surface area contributed by atoms with Gasteiger partial charge in [-0.3, -0.25) is 4.57 Å². The third-order valence-corrected chi connectivity index (χ3v) is 9.78. The Morgan fingerprint density at radius 3 is 2.14 bits per heavy atom. The van der Waals surface area contributed by atoms with E-state index in [9.17, 15) is 0 Å². The number of benzene rings is 4. The fraction of sp³-hybridized carbons (Fsp3) is 0.273. The van der Waals surface area contributed by atoms with Crippen LogP contribution in [0.5, 0.6) is 11.5 Å². The molecule has 3 aromatic heterocycles. The van der Waals surface area contributed by atoms with Crippen molar-refractivity contribution in [3.63, 3.8) is 0 Å². The van der Waals surface area contributed by atoms with E-state index >= 15 is 0 Å². The average molecular weight is 647 g/mol. The number of aromatic nitrogens is 4. The van der Waals surface area contributed by atoms with Crippen molar-refractivity contribution in [1.29, 1.82) is 0 Å². The van der Waals surface area contributed by atoms with Gasteiger partial charge in [0.15, 0.2) is 0 Å². The minimum absolute atomic E-state index is 0.793. The van der Waals surface area contributed by atoms with Crippen molar-refractivity contribution in [2.75, 3.05) is 0 Å². The number of unbranched alkanes of at least 4 members (excludes halogenated alkanes) is 2. The standard InChI is InChI=1S/C44H46N4O/c1-7-9-16-33-22-23-45-42(26-33)47-40-19-12-11-18-38(40)39-21-20-36(28-41(39)47)49-37-25-34(17-10-8-2)24-35(27-37)48-32(6)44(31(5)46-48)43-29(3)14-13-15-30(43)4/h11-15,18-28H,7-10,16-17H2,1-6H3. The molecule has 0 N–H and O–H groups in total. The van der Waals surface area contributed by atoms with Crippen molar-refractivity contribution in [3.8, 4) is 34.1 Å². The van der Waals surface area contributed by atoms with E-state index in [-0.39, 0.29) is 0 Å². The molecule has 248 valence electrons. The minimum Gasteiger partial charge on any atom is -0.457 e. The van der Waals surface area contributed by atoms with Gasteiger partial charge >= 0.3 is 0 Å². The van der Waals surface area contributed by atoms with Crippen LogP contribution in [0.25, 0.3) is 44.4 Å². The highest BCUT2D eigenvalue weighted by molar-refractivity contribution is 6.09. The summed E-state index contributed by atoms with van der Waals surface area (Å²) in [6, 6.07) is 32.5. The lowest BCUT2D eigenvalue weighted by molar-refractivity contribution is 0.482. The fourth-order valence-corrected chi connectivity index (χ4v) is 7.33. The summed E-state index contributed by atoms with van der Waals surface area (Å²) in [7, 11) is 0. The summed E-state index contributed by atoms with van der Waals surface area (Å²) in [5.41, 5.74) is 13.0. The van der Waals surface area contributed by atoms with Crippen molar-refractivity contribution in [2.45, 2.75) is 80.1 Å². The van der Waals surface area contributed by atoms with Crippen molar-refractivity contribution in [1.82, 2.24) is 19.3 Å². The van der Waals surface area contributed by atoms with Crippen LogP contribution in [-0.4, -0.2) is 19.3 Å². The molecule has 0 spiro atoms. The van der Waals surface area contributed by atoms with Crippen LogP contribution >= 0.6 is 0 Å². The summed E-state index contributed by atoms with van der Waals surface area (Å²) < 4.78 is 11.1. The number of para-hydroxylation sites is 1. The summed E-state index contributed by atoms with van der Waals surface area (Å²) in [5.74, 6) is 2.54. The Hall–Kier alpha value is -5.16. The van der Waals surface area contributed by atoms with E-state index in [1.54, 1.807) is 0 Å². The van der Waals surface area contributed by atoms with Gasteiger partial charge in [-0.2, -0.15) is 5.10 Å². The van der Waals surface area contributed by atoms with Gasteiger partial charge in [-0.1, -0.05) is 63.1 Å². The zero-order valence-electron chi connectivity index (χ0n) is 29.7. The third-order valence-electron chi connectivity index (χ3n) is 9.78. The lowest BCUT2D eigenvalue weighted by Crippen LogP contribution is -2.02. The molecular weight excluding hydrogens is 601 g/mol. The lowest BCUT2D eigenvalue weighted by atomic mass is 9.94. The Labute approximate surface area is 290 Å². The lowest BCUT2D eigenvalue weighted by Gasteiger charge is -2.14. The molecule has 0 aliphatic carbocycles. The van der Waals surface area contributed by atoms with E-state index < -0.39 is 0 Å². The maximum Gasteiger partial charge on any atom is 0.137 e. The van der Waals surface area contributed by atoms with Crippen LogP contribution in [0.3, 0.4) is 0 Å². The van der Waals surface area contributed by atoms with Crippen LogP contribution in [0.15, 0.2) is 97.2 Å². The normalized spacial score (nSPS) is 11.6. The van der Waals surface area contributed by atoms with E-state index in [4.69, 9.17) is 14.8 Å². The highest BCUT2D eigenvalue weighted by Crippen LogP contribution is 2.37. The summed E-state index contributed by atoms with van der Waals surface area (Å²) >= 11 is 0. The zero-order chi connectivity index (χ0) is 34.1. The molecule has 0 amide bonds. The Bertz CT molecular complexity index is 2270. The average Bonchev–Trinajstić information content (AvgIpc) is 3.59. The van der Waals surface area contributed by atoms with E-state index in [0.29, 0.717) is 0 Å². The number of fused-ring (bicyclic) bond motifs is 3. The van der Waals surface area contributed by atoms with Crippen molar-refractivity contribution in [3.05, 3.63) is 131 Å². The molecule has 0 aliphatic heterocycles. The van der Waals surface area contributed by atoms with Gasteiger partial charge in [-0.15, -0.1) is 0 Å². The van der Waals surface area contributed by atoms with Gasteiger partial charge in [0.25, 0.3) is 0 Å². The molecule has 0 fully saturated rings. The van der Waals surface area contributed by atoms with Crippen molar-refractivity contribution >= 4 is 21.8 Å². The Morgan fingerprint density at radius 1 is 0.633 bits per heavy atom. The van der Waals surface area contributed by atoms with E-state index in [0.717, 1.165) is 71.1 Å². The molecular formula is C44H46N4O. The van der Waals surface area contributed by atoms with Gasteiger partial charge in [-0.25, -0.2) is 9.67 Å². The molecule has 5 nitrogen and oxygen atoms in total. The van der Waals surface area contributed by atoms with Gasteiger partial charge in [0, 0.05) is 40.4 Å². The summed E-state index contributed by atoms with van der Waals surface area (Å²) in [6.45, 7) is 13.1. The molecule has 0 saturated heterocycles. The molecule has 0 radical (unpaired) electrons. The van der Waals surface area contributed by atoms with Gasteiger partial charge < -0.3 is 4.74 Å². The van der Waals surface area contributed by atoms with E-state index in [1.807, 2.05) is 6.20 Å². The first-order chi connectivity index (χ1) is 23.9. The van der Waals surface area contributed by atoms with E-state index in [1.165, 1.54) is 57.0 Å².